The van der Waals surface area contributed by atoms with Crippen LogP contribution in [0.15, 0.2) is 0 Å². The molecule has 0 atom stereocenters. The lowest BCUT2D eigenvalue weighted by Crippen LogP contribution is -2.34. The predicted octanol–water partition coefficient (Wildman–Crippen LogP) is 1.47. The topological polar surface area (TPSA) is 30.9 Å². The first kappa shape index (κ1) is 18.0. The van der Waals surface area contributed by atoms with Crippen LogP contribution < -0.4 is 0 Å². The summed E-state index contributed by atoms with van der Waals surface area (Å²) in [6.07, 6.45) is -2.34. The molecule has 0 rings (SSSR count). The van der Waals surface area contributed by atoms with E-state index in [0.29, 0.717) is 52.0 Å². The fourth-order valence-electron chi connectivity index (χ4n) is 1.27. The Bertz CT molecular complexity index is 178. The van der Waals surface area contributed by atoms with Crippen molar-refractivity contribution in [3.05, 3.63) is 0 Å². The zero-order valence-electron chi connectivity index (χ0n) is 10.7. The standard InChI is InChI=1S/C11H22ClF2NO3/c1-16-6-7-18-9-8-17-5-4-15(3-2-12)10-11(13)14/h11H,2-10H2,1H3. The van der Waals surface area contributed by atoms with Crippen molar-refractivity contribution < 1.29 is 23.0 Å². The highest BCUT2D eigenvalue weighted by Crippen LogP contribution is 1.98. The van der Waals surface area contributed by atoms with Gasteiger partial charge >= 0.3 is 0 Å². The first-order valence-corrected chi connectivity index (χ1v) is 6.45. The molecule has 0 fully saturated rings. The minimum Gasteiger partial charge on any atom is -0.382 e. The number of alkyl halides is 3. The summed E-state index contributed by atoms with van der Waals surface area (Å²) in [6.45, 7) is 3.05. The third-order valence-corrected chi connectivity index (χ3v) is 2.32. The van der Waals surface area contributed by atoms with E-state index in [9.17, 15) is 8.78 Å². The molecular weight excluding hydrogens is 268 g/mol. The molecule has 0 saturated carbocycles. The molecule has 0 heterocycles. The van der Waals surface area contributed by atoms with Crippen LogP contribution in [0.1, 0.15) is 0 Å². The fraction of sp³-hybridized carbons (Fsp3) is 1.00. The molecule has 7 heteroatoms. The molecular formula is C11H22ClF2NO3. The van der Waals surface area contributed by atoms with Gasteiger partial charge in [-0.25, -0.2) is 8.78 Å². The van der Waals surface area contributed by atoms with E-state index < -0.39 is 6.43 Å². The van der Waals surface area contributed by atoms with Crippen LogP contribution in [0.5, 0.6) is 0 Å². The van der Waals surface area contributed by atoms with E-state index in [2.05, 4.69) is 0 Å². The maximum absolute atomic E-state index is 12.2. The summed E-state index contributed by atoms with van der Waals surface area (Å²) in [5.41, 5.74) is 0. The number of ether oxygens (including phenoxy) is 3. The van der Waals surface area contributed by atoms with E-state index in [1.807, 2.05) is 0 Å². The number of hydrogen-bond donors (Lipinski definition) is 0. The monoisotopic (exact) mass is 289 g/mol. The Kier molecular flexibility index (Phi) is 13.4. The smallest absolute Gasteiger partial charge is 0.251 e. The Morgan fingerprint density at radius 3 is 2.17 bits per heavy atom. The minimum absolute atomic E-state index is 0.263. The number of methoxy groups -OCH3 is 1. The Morgan fingerprint density at radius 1 is 1.00 bits per heavy atom. The van der Waals surface area contributed by atoms with E-state index in [-0.39, 0.29) is 6.54 Å². The van der Waals surface area contributed by atoms with Gasteiger partial charge in [0.05, 0.1) is 39.6 Å². The Morgan fingerprint density at radius 2 is 1.61 bits per heavy atom. The highest BCUT2D eigenvalue weighted by atomic mass is 35.5. The van der Waals surface area contributed by atoms with Gasteiger partial charge < -0.3 is 14.2 Å². The molecule has 0 aliphatic carbocycles. The molecule has 110 valence electrons. The number of rotatable bonds is 13. The van der Waals surface area contributed by atoms with Crippen molar-refractivity contribution in [2.45, 2.75) is 6.43 Å². The molecule has 0 bridgehead atoms. The van der Waals surface area contributed by atoms with Crippen LogP contribution in [-0.4, -0.2) is 77.0 Å². The summed E-state index contributed by atoms with van der Waals surface area (Å²) in [6, 6.07) is 0. The molecule has 4 nitrogen and oxygen atoms in total. The first-order chi connectivity index (χ1) is 8.70. The van der Waals surface area contributed by atoms with E-state index >= 15 is 0 Å². The number of hydrogen-bond acceptors (Lipinski definition) is 4. The Hall–Kier alpha value is -0.0100. The number of halogens is 3. The summed E-state index contributed by atoms with van der Waals surface area (Å²) in [4.78, 5) is 1.59. The SMILES string of the molecule is COCCOCCOCCN(CCCl)CC(F)F. The molecule has 0 spiro atoms. The van der Waals surface area contributed by atoms with Crippen molar-refractivity contribution in [3.8, 4) is 0 Å². The van der Waals surface area contributed by atoms with Crippen LogP contribution in [-0.2, 0) is 14.2 Å². The van der Waals surface area contributed by atoms with Gasteiger partial charge in [-0.1, -0.05) is 0 Å². The van der Waals surface area contributed by atoms with Gasteiger partial charge in [0.2, 0.25) is 0 Å². The zero-order chi connectivity index (χ0) is 13.6. The Balaban J connectivity index is 3.37. The van der Waals surface area contributed by atoms with Gasteiger partial charge in [-0.2, -0.15) is 0 Å². The van der Waals surface area contributed by atoms with Crippen LogP contribution in [0.4, 0.5) is 8.78 Å². The molecule has 0 aromatic rings. The normalized spacial score (nSPS) is 11.7. The van der Waals surface area contributed by atoms with E-state index in [4.69, 9.17) is 25.8 Å². The van der Waals surface area contributed by atoms with Gasteiger partial charge in [-0.3, -0.25) is 4.90 Å². The molecule has 0 N–H and O–H groups in total. The first-order valence-electron chi connectivity index (χ1n) is 5.91. The van der Waals surface area contributed by atoms with E-state index in [1.54, 1.807) is 12.0 Å². The average Bonchev–Trinajstić information content (AvgIpc) is 2.32. The largest absolute Gasteiger partial charge is 0.382 e. The van der Waals surface area contributed by atoms with Crippen LogP contribution in [0.3, 0.4) is 0 Å². The third kappa shape index (κ3) is 12.4. The highest BCUT2D eigenvalue weighted by Gasteiger charge is 2.10. The summed E-state index contributed by atoms with van der Waals surface area (Å²) >= 11 is 5.53. The number of nitrogens with zero attached hydrogens (tertiary/aromatic N) is 1. The predicted molar refractivity (Wildman–Crippen MR) is 66.7 cm³/mol. The summed E-state index contributed by atoms with van der Waals surface area (Å²) in [7, 11) is 1.61. The van der Waals surface area contributed by atoms with E-state index in [0.717, 1.165) is 0 Å². The average molecular weight is 290 g/mol. The van der Waals surface area contributed by atoms with Gasteiger partial charge in [-0.15, -0.1) is 11.6 Å². The van der Waals surface area contributed by atoms with Crippen molar-refractivity contribution >= 4 is 11.6 Å². The summed E-state index contributed by atoms with van der Waals surface area (Å²) in [5, 5.41) is 0. The summed E-state index contributed by atoms with van der Waals surface area (Å²) < 4.78 is 39.7. The summed E-state index contributed by atoms with van der Waals surface area (Å²) in [5.74, 6) is 0.340. The molecule has 18 heavy (non-hydrogen) atoms. The van der Waals surface area contributed by atoms with Crippen molar-refractivity contribution in [2.75, 3.05) is 65.7 Å². The highest BCUT2D eigenvalue weighted by molar-refractivity contribution is 6.18. The maximum atomic E-state index is 12.2. The Labute approximate surface area is 112 Å². The van der Waals surface area contributed by atoms with Crippen LogP contribution in [0.2, 0.25) is 0 Å². The lowest BCUT2D eigenvalue weighted by Gasteiger charge is -2.20. The minimum atomic E-state index is -2.34. The second kappa shape index (κ2) is 13.4. The molecule has 0 aliphatic heterocycles. The molecule has 0 unspecified atom stereocenters. The second-order valence-electron chi connectivity index (χ2n) is 3.60. The van der Waals surface area contributed by atoms with Gasteiger partial charge in [0.1, 0.15) is 0 Å². The quantitative estimate of drug-likeness (QED) is 0.379. The second-order valence-corrected chi connectivity index (χ2v) is 3.98. The van der Waals surface area contributed by atoms with Crippen LogP contribution in [0, 0.1) is 0 Å². The maximum Gasteiger partial charge on any atom is 0.251 e. The third-order valence-electron chi connectivity index (χ3n) is 2.15. The molecule has 0 aliphatic rings. The van der Waals surface area contributed by atoms with Gasteiger partial charge in [0.15, 0.2) is 0 Å². The van der Waals surface area contributed by atoms with Crippen molar-refractivity contribution in [1.82, 2.24) is 4.90 Å². The van der Waals surface area contributed by atoms with Gasteiger partial charge in [-0.05, 0) is 0 Å². The zero-order valence-corrected chi connectivity index (χ0v) is 11.5. The fourth-order valence-corrected chi connectivity index (χ4v) is 1.51. The van der Waals surface area contributed by atoms with Crippen LogP contribution in [0.25, 0.3) is 0 Å². The molecule has 0 aromatic heterocycles. The van der Waals surface area contributed by atoms with Crippen molar-refractivity contribution in [1.29, 1.82) is 0 Å². The van der Waals surface area contributed by atoms with Crippen LogP contribution >= 0.6 is 11.6 Å². The van der Waals surface area contributed by atoms with Crippen molar-refractivity contribution in [2.24, 2.45) is 0 Å². The lowest BCUT2D eigenvalue weighted by molar-refractivity contribution is 0.0148. The van der Waals surface area contributed by atoms with E-state index in [1.165, 1.54) is 0 Å². The van der Waals surface area contributed by atoms with Crippen molar-refractivity contribution in [3.63, 3.8) is 0 Å². The van der Waals surface area contributed by atoms with Gasteiger partial charge in [0.25, 0.3) is 6.43 Å². The lowest BCUT2D eigenvalue weighted by atomic mass is 10.4. The molecule has 0 saturated heterocycles. The molecule has 0 amide bonds. The molecule has 0 radical (unpaired) electrons. The van der Waals surface area contributed by atoms with Gasteiger partial charge in [0, 0.05) is 26.1 Å². The molecule has 0 aromatic carbocycles.